The number of amides is 1. The molecule has 1 aromatic rings. The number of hydrogen-bond acceptors (Lipinski definition) is 5. The average Bonchev–Trinajstić information content (AvgIpc) is 3.17. The highest BCUT2D eigenvalue weighted by molar-refractivity contribution is 9.10. The minimum Gasteiger partial charge on any atom is -0.378 e. The molecule has 7 heteroatoms. The van der Waals surface area contributed by atoms with E-state index in [2.05, 4.69) is 36.8 Å². The van der Waals surface area contributed by atoms with Crippen LogP contribution in [0.1, 0.15) is 12.1 Å². The minimum absolute atomic E-state index is 0.256. The van der Waals surface area contributed by atoms with Gasteiger partial charge in [0.25, 0.3) is 0 Å². The van der Waals surface area contributed by atoms with Crippen molar-refractivity contribution in [1.82, 2.24) is 19.7 Å². The quantitative estimate of drug-likeness (QED) is 0.761. The SMILES string of the molecule is O=C(CN1CC2CC1CN2Cc1ccc(Br)cn1)N1CCOCC1. The second-order valence-electron chi connectivity index (χ2n) is 6.86. The number of piperazine rings is 1. The summed E-state index contributed by atoms with van der Waals surface area (Å²) < 4.78 is 6.34. The first-order chi connectivity index (χ1) is 11.7. The van der Waals surface area contributed by atoms with Gasteiger partial charge in [0.05, 0.1) is 25.5 Å². The molecule has 1 aromatic heterocycles. The Labute approximate surface area is 150 Å². The van der Waals surface area contributed by atoms with E-state index in [4.69, 9.17) is 4.74 Å². The van der Waals surface area contributed by atoms with Crippen molar-refractivity contribution in [2.75, 3.05) is 45.9 Å². The van der Waals surface area contributed by atoms with Crippen molar-refractivity contribution in [2.45, 2.75) is 25.0 Å². The van der Waals surface area contributed by atoms with Crippen LogP contribution in [0.3, 0.4) is 0 Å². The molecule has 130 valence electrons. The Hall–Kier alpha value is -1.02. The maximum absolute atomic E-state index is 12.4. The summed E-state index contributed by atoms with van der Waals surface area (Å²) in [5.74, 6) is 0.256. The van der Waals surface area contributed by atoms with Crippen molar-refractivity contribution < 1.29 is 9.53 Å². The monoisotopic (exact) mass is 394 g/mol. The Balaban J connectivity index is 1.29. The Kier molecular flexibility index (Phi) is 4.85. The Morgan fingerprint density at radius 2 is 1.96 bits per heavy atom. The fourth-order valence-corrected chi connectivity index (χ4v) is 4.25. The van der Waals surface area contributed by atoms with E-state index in [1.165, 1.54) is 6.42 Å². The topological polar surface area (TPSA) is 48.9 Å². The lowest BCUT2D eigenvalue weighted by Crippen LogP contribution is -2.51. The number of morpholine rings is 1. The third-order valence-corrected chi connectivity index (χ3v) is 5.79. The van der Waals surface area contributed by atoms with Crippen LogP contribution in [0.4, 0.5) is 0 Å². The maximum Gasteiger partial charge on any atom is 0.236 e. The van der Waals surface area contributed by atoms with Crippen LogP contribution in [0.15, 0.2) is 22.8 Å². The van der Waals surface area contributed by atoms with E-state index in [-0.39, 0.29) is 5.91 Å². The summed E-state index contributed by atoms with van der Waals surface area (Å²) in [6.07, 6.45) is 3.03. The predicted molar refractivity (Wildman–Crippen MR) is 93.5 cm³/mol. The first-order valence-electron chi connectivity index (χ1n) is 8.63. The number of likely N-dealkylation sites (tertiary alicyclic amines) is 2. The van der Waals surface area contributed by atoms with Crippen LogP contribution in [0.25, 0.3) is 0 Å². The van der Waals surface area contributed by atoms with E-state index in [1.807, 2.05) is 17.2 Å². The standard InChI is InChI=1S/C17H23BrN4O2/c18-13-1-2-14(19-8-13)9-21-10-16-7-15(21)11-22(16)12-17(23)20-3-5-24-6-4-20/h1-2,8,15-16H,3-7,9-12H2. The molecule has 3 aliphatic rings. The zero-order chi connectivity index (χ0) is 16.5. The number of aromatic nitrogens is 1. The lowest BCUT2D eigenvalue weighted by Gasteiger charge is -2.35. The summed E-state index contributed by atoms with van der Waals surface area (Å²) in [7, 11) is 0. The molecule has 2 atom stereocenters. The zero-order valence-corrected chi connectivity index (χ0v) is 15.3. The molecule has 1 amide bonds. The predicted octanol–water partition coefficient (Wildman–Crippen LogP) is 0.961. The van der Waals surface area contributed by atoms with Gasteiger partial charge in [-0.2, -0.15) is 0 Å². The van der Waals surface area contributed by atoms with Gasteiger partial charge in [-0.3, -0.25) is 19.6 Å². The van der Waals surface area contributed by atoms with Crippen molar-refractivity contribution >= 4 is 21.8 Å². The number of carbonyl (C=O) groups excluding carboxylic acids is 1. The van der Waals surface area contributed by atoms with Crippen molar-refractivity contribution in [3.8, 4) is 0 Å². The Bertz CT molecular complexity index is 591. The van der Waals surface area contributed by atoms with Crippen LogP contribution in [0.2, 0.25) is 0 Å². The molecule has 0 aromatic carbocycles. The van der Waals surface area contributed by atoms with Crippen molar-refractivity contribution in [3.05, 3.63) is 28.5 Å². The number of fused-ring (bicyclic) bond motifs is 2. The number of ether oxygens (including phenoxy) is 1. The van der Waals surface area contributed by atoms with Gasteiger partial charge in [-0.1, -0.05) is 0 Å². The molecule has 3 saturated heterocycles. The smallest absolute Gasteiger partial charge is 0.236 e. The van der Waals surface area contributed by atoms with Crippen LogP contribution in [-0.2, 0) is 16.1 Å². The molecule has 3 fully saturated rings. The molecule has 3 aliphatic heterocycles. The van der Waals surface area contributed by atoms with Gasteiger partial charge in [-0.05, 0) is 34.5 Å². The first kappa shape index (κ1) is 16.4. The van der Waals surface area contributed by atoms with Crippen molar-refractivity contribution in [3.63, 3.8) is 0 Å². The van der Waals surface area contributed by atoms with Crippen LogP contribution in [0.5, 0.6) is 0 Å². The summed E-state index contributed by atoms with van der Waals surface area (Å²) >= 11 is 3.43. The third-order valence-electron chi connectivity index (χ3n) is 5.32. The number of nitrogens with zero attached hydrogens (tertiary/aromatic N) is 4. The zero-order valence-electron chi connectivity index (χ0n) is 13.7. The molecule has 2 unspecified atom stereocenters. The number of rotatable bonds is 4. The van der Waals surface area contributed by atoms with Crippen LogP contribution >= 0.6 is 15.9 Å². The van der Waals surface area contributed by atoms with Gasteiger partial charge in [0.15, 0.2) is 0 Å². The molecule has 0 N–H and O–H groups in total. The van der Waals surface area contributed by atoms with Crippen molar-refractivity contribution in [2.24, 2.45) is 0 Å². The summed E-state index contributed by atoms with van der Waals surface area (Å²) in [5.41, 5.74) is 1.11. The summed E-state index contributed by atoms with van der Waals surface area (Å²) in [6.45, 7) is 6.32. The molecule has 4 rings (SSSR count). The highest BCUT2D eigenvalue weighted by atomic mass is 79.9. The molecule has 6 nitrogen and oxygen atoms in total. The van der Waals surface area contributed by atoms with Gasteiger partial charge < -0.3 is 9.64 Å². The van der Waals surface area contributed by atoms with Crippen LogP contribution < -0.4 is 0 Å². The molecule has 0 saturated carbocycles. The summed E-state index contributed by atoms with van der Waals surface area (Å²) in [5, 5.41) is 0. The van der Waals surface area contributed by atoms with E-state index >= 15 is 0 Å². The number of halogens is 1. The molecular weight excluding hydrogens is 372 g/mol. The molecule has 0 radical (unpaired) electrons. The van der Waals surface area contributed by atoms with Gasteiger partial charge in [-0.15, -0.1) is 0 Å². The number of carbonyl (C=O) groups is 1. The normalized spacial score (nSPS) is 27.8. The summed E-state index contributed by atoms with van der Waals surface area (Å²) in [4.78, 5) is 23.7. The highest BCUT2D eigenvalue weighted by Crippen LogP contribution is 2.31. The largest absolute Gasteiger partial charge is 0.378 e. The molecule has 0 spiro atoms. The number of pyridine rings is 1. The minimum atomic E-state index is 0.256. The Morgan fingerprint density at radius 3 is 2.62 bits per heavy atom. The van der Waals surface area contributed by atoms with Crippen LogP contribution in [-0.4, -0.2) is 83.6 Å². The maximum atomic E-state index is 12.4. The van der Waals surface area contributed by atoms with Gasteiger partial charge in [0, 0.05) is 55.5 Å². The first-order valence-corrected chi connectivity index (χ1v) is 9.42. The van der Waals surface area contributed by atoms with Crippen molar-refractivity contribution in [1.29, 1.82) is 0 Å². The van der Waals surface area contributed by atoms with E-state index in [1.54, 1.807) is 0 Å². The number of hydrogen-bond donors (Lipinski definition) is 0. The molecule has 0 aliphatic carbocycles. The average molecular weight is 395 g/mol. The molecule has 24 heavy (non-hydrogen) atoms. The fraction of sp³-hybridized carbons (Fsp3) is 0.647. The van der Waals surface area contributed by atoms with Crippen LogP contribution in [0, 0.1) is 0 Å². The van der Waals surface area contributed by atoms with Gasteiger partial charge in [-0.25, -0.2) is 0 Å². The fourth-order valence-electron chi connectivity index (χ4n) is 4.01. The van der Waals surface area contributed by atoms with E-state index in [0.29, 0.717) is 31.8 Å². The lowest BCUT2D eigenvalue weighted by atomic mass is 10.2. The van der Waals surface area contributed by atoms with E-state index < -0.39 is 0 Å². The van der Waals surface area contributed by atoms with E-state index in [9.17, 15) is 4.79 Å². The molecule has 4 heterocycles. The lowest BCUT2D eigenvalue weighted by molar-refractivity contribution is -0.137. The Morgan fingerprint density at radius 1 is 1.21 bits per heavy atom. The highest BCUT2D eigenvalue weighted by Gasteiger charge is 2.43. The van der Waals surface area contributed by atoms with Gasteiger partial charge >= 0.3 is 0 Å². The summed E-state index contributed by atoms with van der Waals surface area (Å²) in [6, 6.07) is 5.19. The molecular formula is C17H23BrN4O2. The van der Waals surface area contributed by atoms with Gasteiger partial charge in [0.2, 0.25) is 5.91 Å². The molecule has 2 bridgehead atoms. The second-order valence-corrected chi connectivity index (χ2v) is 7.78. The third kappa shape index (κ3) is 3.49. The van der Waals surface area contributed by atoms with Gasteiger partial charge in [0.1, 0.15) is 0 Å². The second kappa shape index (κ2) is 7.07. The van der Waals surface area contributed by atoms with E-state index in [0.717, 1.165) is 42.9 Å².